The summed E-state index contributed by atoms with van der Waals surface area (Å²) in [7, 11) is 0. The molecular weight excluding hydrogens is 182 g/mol. The predicted molar refractivity (Wildman–Crippen MR) is 52.5 cm³/mol. The monoisotopic (exact) mass is 193 g/mol. The fourth-order valence-electron chi connectivity index (χ4n) is 1.29. The number of phenolic OH excluding ortho intramolecular Hbond substituents is 1. The summed E-state index contributed by atoms with van der Waals surface area (Å²) in [6.45, 7) is 2.64. The van der Waals surface area contributed by atoms with Crippen molar-refractivity contribution in [3.63, 3.8) is 0 Å². The zero-order chi connectivity index (χ0) is 10.9. The predicted octanol–water partition coefficient (Wildman–Crippen LogP) is 1.38. The molecule has 0 aliphatic rings. The molecule has 0 atom stereocenters. The van der Waals surface area contributed by atoms with Crippen molar-refractivity contribution in [2.75, 3.05) is 5.73 Å². The fourth-order valence-corrected chi connectivity index (χ4v) is 1.29. The van der Waals surface area contributed by atoms with Crippen molar-refractivity contribution in [1.82, 2.24) is 0 Å². The third kappa shape index (κ3) is 1.59. The van der Waals surface area contributed by atoms with Crippen LogP contribution >= 0.6 is 0 Å². The van der Waals surface area contributed by atoms with E-state index in [2.05, 4.69) is 0 Å². The van der Waals surface area contributed by atoms with Crippen LogP contribution in [0.1, 0.15) is 34.6 Å². The highest BCUT2D eigenvalue weighted by molar-refractivity contribution is 6.08. The van der Waals surface area contributed by atoms with Gasteiger partial charge in [0.25, 0.3) is 0 Å². The van der Waals surface area contributed by atoms with Crippen molar-refractivity contribution in [2.24, 2.45) is 0 Å². The number of anilines is 1. The van der Waals surface area contributed by atoms with Crippen LogP contribution in [0.2, 0.25) is 0 Å². The van der Waals surface area contributed by atoms with E-state index in [4.69, 9.17) is 5.73 Å². The molecule has 1 rings (SSSR count). The van der Waals surface area contributed by atoms with Crippen molar-refractivity contribution in [3.8, 4) is 5.75 Å². The third-order valence-corrected chi connectivity index (χ3v) is 1.95. The molecule has 0 aliphatic carbocycles. The molecule has 74 valence electrons. The summed E-state index contributed by atoms with van der Waals surface area (Å²) < 4.78 is 0. The highest BCUT2D eigenvalue weighted by Gasteiger charge is 2.15. The van der Waals surface area contributed by atoms with Crippen LogP contribution in [-0.2, 0) is 0 Å². The number of phenols is 1. The number of aromatic hydroxyl groups is 1. The van der Waals surface area contributed by atoms with Crippen LogP contribution in [0.15, 0.2) is 12.1 Å². The molecule has 0 spiro atoms. The summed E-state index contributed by atoms with van der Waals surface area (Å²) in [5, 5.41) is 9.36. The maximum Gasteiger partial charge on any atom is 0.165 e. The maximum atomic E-state index is 11.1. The normalized spacial score (nSPS) is 9.86. The second kappa shape index (κ2) is 3.49. The first-order valence-corrected chi connectivity index (χ1v) is 4.08. The summed E-state index contributed by atoms with van der Waals surface area (Å²) in [5.74, 6) is -0.784. The molecule has 0 heterocycles. The number of nitrogens with two attached hydrogens (primary N) is 1. The van der Waals surface area contributed by atoms with Crippen molar-refractivity contribution in [1.29, 1.82) is 0 Å². The number of carbonyl (C=O) groups excluding carboxylic acids is 2. The van der Waals surface area contributed by atoms with Gasteiger partial charge in [-0.15, -0.1) is 0 Å². The van der Waals surface area contributed by atoms with Gasteiger partial charge < -0.3 is 10.8 Å². The zero-order valence-electron chi connectivity index (χ0n) is 8.00. The van der Waals surface area contributed by atoms with E-state index >= 15 is 0 Å². The summed E-state index contributed by atoms with van der Waals surface area (Å²) >= 11 is 0. The molecule has 0 amide bonds. The summed E-state index contributed by atoms with van der Waals surface area (Å²) in [4.78, 5) is 22.2. The zero-order valence-corrected chi connectivity index (χ0v) is 8.00. The lowest BCUT2D eigenvalue weighted by atomic mass is 10.0. The highest BCUT2D eigenvalue weighted by atomic mass is 16.3. The van der Waals surface area contributed by atoms with Gasteiger partial charge in [0.05, 0.1) is 11.3 Å². The molecule has 4 nitrogen and oxygen atoms in total. The van der Waals surface area contributed by atoms with Gasteiger partial charge in [0, 0.05) is 5.56 Å². The second-order valence-electron chi connectivity index (χ2n) is 3.03. The molecule has 4 heteroatoms. The number of ketones is 2. The second-order valence-corrected chi connectivity index (χ2v) is 3.03. The Kier molecular flexibility index (Phi) is 2.56. The molecule has 0 saturated heterocycles. The molecule has 14 heavy (non-hydrogen) atoms. The summed E-state index contributed by atoms with van der Waals surface area (Å²) in [6, 6.07) is 2.70. The van der Waals surface area contributed by atoms with Gasteiger partial charge in [-0.25, -0.2) is 0 Å². The Morgan fingerprint density at radius 3 is 2.21 bits per heavy atom. The van der Waals surface area contributed by atoms with Crippen molar-refractivity contribution in [3.05, 3.63) is 23.3 Å². The summed E-state index contributed by atoms with van der Waals surface area (Å²) in [5.41, 5.74) is 5.90. The molecule has 1 aromatic carbocycles. The molecule has 0 bridgehead atoms. The number of nitrogen functional groups attached to an aromatic ring is 1. The van der Waals surface area contributed by atoms with Crippen LogP contribution < -0.4 is 5.73 Å². The molecule has 0 radical (unpaired) electrons. The number of rotatable bonds is 2. The first-order chi connectivity index (χ1) is 6.45. The molecule has 0 aliphatic heterocycles. The van der Waals surface area contributed by atoms with Gasteiger partial charge in [0.2, 0.25) is 0 Å². The molecule has 0 fully saturated rings. The van der Waals surface area contributed by atoms with Crippen LogP contribution in [0, 0.1) is 0 Å². The Labute approximate surface area is 81.3 Å². The quantitative estimate of drug-likeness (QED) is 0.549. The molecular formula is C10H11NO3. The van der Waals surface area contributed by atoms with E-state index in [1.165, 1.54) is 26.0 Å². The lowest BCUT2D eigenvalue weighted by molar-refractivity contribution is 0.101. The first-order valence-electron chi connectivity index (χ1n) is 4.08. The minimum Gasteiger partial charge on any atom is -0.507 e. The number of carbonyl (C=O) groups is 2. The first kappa shape index (κ1) is 10.2. The van der Waals surface area contributed by atoms with E-state index in [1.807, 2.05) is 0 Å². The number of hydrogen-bond acceptors (Lipinski definition) is 4. The third-order valence-electron chi connectivity index (χ3n) is 1.95. The molecule has 0 aromatic heterocycles. The van der Waals surface area contributed by atoms with E-state index in [9.17, 15) is 14.7 Å². The van der Waals surface area contributed by atoms with Crippen molar-refractivity contribution in [2.45, 2.75) is 13.8 Å². The Balaban J connectivity index is 3.49. The smallest absolute Gasteiger partial charge is 0.165 e. The Hall–Kier alpha value is -1.84. The Morgan fingerprint density at radius 1 is 1.21 bits per heavy atom. The number of benzene rings is 1. The average Bonchev–Trinajstić information content (AvgIpc) is 2.02. The van der Waals surface area contributed by atoms with Gasteiger partial charge in [0.1, 0.15) is 5.75 Å². The van der Waals surface area contributed by atoms with E-state index < -0.39 is 0 Å². The van der Waals surface area contributed by atoms with E-state index in [0.29, 0.717) is 0 Å². The molecule has 3 N–H and O–H groups in total. The fraction of sp³-hybridized carbons (Fsp3) is 0.200. The SMILES string of the molecule is CC(=O)c1ccc(O)c(C(C)=O)c1N. The average molecular weight is 193 g/mol. The lowest BCUT2D eigenvalue weighted by Gasteiger charge is -2.08. The van der Waals surface area contributed by atoms with Crippen molar-refractivity contribution < 1.29 is 14.7 Å². The minimum absolute atomic E-state index is 0.0118. The minimum atomic E-state index is -0.358. The highest BCUT2D eigenvalue weighted by Crippen LogP contribution is 2.27. The van der Waals surface area contributed by atoms with Crippen LogP contribution in [0.3, 0.4) is 0 Å². The van der Waals surface area contributed by atoms with Crippen molar-refractivity contribution >= 4 is 17.3 Å². The Bertz CT molecular complexity index is 410. The van der Waals surface area contributed by atoms with Gasteiger partial charge in [0.15, 0.2) is 11.6 Å². The van der Waals surface area contributed by atoms with Crippen LogP contribution in [0.4, 0.5) is 5.69 Å². The van der Waals surface area contributed by atoms with E-state index in [-0.39, 0.29) is 34.1 Å². The standard InChI is InChI=1S/C10H11NO3/c1-5(12)7-3-4-8(14)9(6(2)13)10(7)11/h3-4,14H,11H2,1-2H3. The van der Waals surface area contributed by atoms with Crippen LogP contribution in [-0.4, -0.2) is 16.7 Å². The molecule has 0 unspecified atom stereocenters. The van der Waals surface area contributed by atoms with Crippen LogP contribution in [0.25, 0.3) is 0 Å². The van der Waals surface area contributed by atoms with Gasteiger partial charge >= 0.3 is 0 Å². The number of Topliss-reactive ketones (excluding diaryl/α,β-unsaturated/α-hetero) is 2. The van der Waals surface area contributed by atoms with Gasteiger partial charge in [-0.05, 0) is 26.0 Å². The van der Waals surface area contributed by atoms with Crippen LogP contribution in [0.5, 0.6) is 5.75 Å². The summed E-state index contributed by atoms with van der Waals surface area (Å²) in [6.07, 6.45) is 0. The lowest BCUT2D eigenvalue weighted by Crippen LogP contribution is -2.06. The van der Waals surface area contributed by atoms with Gasteiger partial charge in [-0.3, -0.25) is 9.59 Å². The van der Waals surface area contributed by atoms with E-state index in [0.717, 1.165) is 0 Å². The van der Waals surface area contributed by atoms with E-state index in [1.54, 1.807) is 0 Å². The molecule has 0 saturated carbocycles. The Morgan fingerprint density at radius 2 is 1.79 bits per heavy atom. The largest absolute Gasteiger partial charge is 0.507 e. The maximum absolute atomic E-state index is 11.1. The number of hydrogen-bond donors (Lipinski definition) is 2. The molecule has 1 aromatic rings. The van der Waals surface area contributed by atoms with Gasteiger partial charge in [-0.1, -0.05) is 0 Å². The topological polar surface area (TPSA) is 80.4 Å². The van der Waals surface area contributed by atoms with Gasteiger partial charge in [-0.2, -0.15) is 0 Å².